The van der Waals surface area contributed by atoms with Gasteiger partial charge in [-0.2, -0.15) is 13.2 Å². The number of likely N-dealkylation sites (tertiary alicyclic amines) is 2. The van der Waals surface area contributed by atoms with E-state index in [-0.39, 0.29) is 30.4 Å². The van der Waals surface area contributed by atoms with Crippen molar-refractivity contribution in [2.45, 2.75) is 64.2 Å². The van der Waals surface area contributed by atoms with Crippen LogP contribution >= 0.6 is 11.6 Å². The largest absolute Gasteiger partial charge is 0.404 e. The van der Waals surface area contributed by atoms with E-state index in [0.29, 0.717) is 55.0 Å². The molecule has 2 saturated heterocycles. The lowest BCUT2D eigenvalue weighted by Crippen LogP contribution is -2.55. The first kappa shape index (κ1) is 31.3. The molecule has 10 heteroatoms. The summed E-state index contributed by atoms with van der Waals surface area (Å²) >= 11 is 6.28. The molecule has 230 valence electrons. The first-order chi connectivity index (χ1) is 20.4. The van der Waals surface area contributed by atoms with E-state index in [1.54, 1.807) is 36.1 Å². The van der Waals surface area contributed by atoms with Crippen LogP contribution in [0.3, 0.4) is 0 Å². The highest BCUT2D eigenvalue weighted by Gasteiger charge is 2.46. The molecule has 2 fully saturated rings. The van der Waals surface area contributed by atoms with Crippen LogP contribution in [-0.4, -0.2) is 59.5 Å². The SMILES string of the molecule is Cc1ccc(NC(=O)[C@H]2CCCN(C(=O)c3c(C)cccc3F)[C@H]2C2C=CC(CN3CCC[C@@H]3C(F)(F)F)=CC2)cc1Cl. The summed E-state index contributed by atoms with van der Waals surface area (Å²) in [5, 5.41) is 3.48. The minimum Gasteiger partial charge on any atom is -0.334 e. The molecule has 5 nitrogen and oxygen atoms in total. The fourth-order valence-corrected chi connectivity index (χ4v) is 6.88. The molecule has 1 aliphatic carbocycles. The molecule has 3 aliphatic rings. The molecule has 1 unspecified atom stereocenters. The Balaban J connectivity index is 1.41. The number of allylic oxidation sites excluding steroid dienone is 1. The molecule has 0 saturated carbocycles. The summed E-state index contributed by atoms with van der Waals surface area (Å²) in [6.07, 6.45) is 3.50. The summed E-state index contributed by atoms with van der Waals surface area (Å²) in [6, 6.07) is 7.73. The maximum atomic E-state index is 15.0. The molecule has 1 N–H and O–H groups in total. The minimum absolute atomic E-state index is 0.0119. The van der Waals surface area contributed by atoms with Gasteiger partial charge in [0.05, 0.1) is 17.5 Å². The smallest absolute Gasteiger partial charge is 0.334 e. The average Bonchev–Trinajstić information content (AvgIpc) is 3.44. The molecule has 0 radical (unpaired) electrons. The van der Waals surface area contributed by atoms with Crippen molar-refractivity contribution in [3.8, 4) is 0 Å². The van der Waals surface area contributed by atoms with E-state index in [9.17, 15) is 27.2 Å². The summed E-state index contributed by atoms with van der Waals surface area (Å²) in [7, 11) is 0. The van der Waals surface area contributed by atoms with Crippen molar-refractivity contribution in [2.75, 3.05) is 25.0 Å². The molecule has 4 atom stereocenters. The van der Waals surface area contributed by atoms with Gasteiger partial charge >= 0.3 is 6.18 Å². The molecule has 0 spiro atoms. The van der Waals surface area contributed by atoms with Crippen molar-refractivity contribution < 1.29 is 27.2 Å². The average molecular weight is 618 g/mol. The third-order valence-corrected chi connectivity index (χ3v) is 9.34. The molecular formula is C33H36ClF4N3O2. The highest BCUT2D eigenvalue weighted by Crippen LogP contribution is 2.38. The van der Waals surface area contributed by atoms with Gasteiger partial charge in [-0.25, -0.2) is 4.39 Å². The molecule has 2 heterocycles. The summed E-state index contributed by atoms with van der Waals surface area (Å²) < 4.78 is 55.5. The van der Waals surface area contributed by atoms with E-state index in [2.05, 4.69) is 5.32 Å². The predicted molar refractivity (Wildman–Crippen MR) is 159 cm³/mol. The lowest BCUT2D eigenvalue weighted by Gasteiger charge is -2.44. The Morgan fingerprint density at radius 2 is 1.81 bits per heavy atom. The predicted octanol–water partition coefficient (Wildman–Crippen LogP) is 7.48. The van der Waals surface area contributed by atoms with Crippen LogP contribution in [0.5, 0.6) is 0 Å². The highest BCUT2D eigenvalue weighted by atomic mass is 35.5. The van der Waals surface area contributed by atoms with Gasteiger partial charge in [-0.05, 0) is 87.4 Å². The topological polar surface area (TPSA) is 52.7 Å². The van der Waals surface area contributed by atoms with E-state index < -0.39 is 35.9 Å². The Bertz CT molecular complexity index is 1420. The highest BCUT2D eigenvalue weighted by molar-refractivity contribution is 6.31. The normalized spacial score (nSPS) is 24.6. The molecule has 0 aromatic heterocycles. The lowest BCUT2D eigenvalue weighted by molar-refractivity contribution is -0.174. The van der Waals surface area contributed by atoms with E-state index in [0.717, 1.165) is 11.1 Å². The van der Waals surface area contributed by atoms with Crippen LogP contribution < -0.4 is 5.32 Å². The van der Waals surface area contributed by atoms with E-state index in [4.69, 9.17) is 11.6 Å². The third kappa shape index (κ3) is 6.83. The van der Waals surface area contributed by atoms with Gasteiger partial charge < -0.3 is 10.2 Å². The Kier molecular flexibility index (Phi) is 9.32. The monoisotopic (exact) mass is 617 g/mol. The second-order valence-electron chi connectivity index (χ2n) is 11.8. The van der Waals surface area contributed by atoms with Crippen molar-refractivity contribution in [3.63, 3.8) is 0 Å². The fourth-order valence-electron chi connectivity index (χ4n) is 6.70. The Labute approximate surface area is 254 Å². The molecule has 2 aromatic carbocycles. The van der Waals surface area contributed by atoms with Gasteiger partial charge in [0.25, 0.3) is 5.91 Å². The molecule has 2 amide bonds. The number of nitrogens with one attached hydrogen (secondary N) is 1. The third-order valence-electron chi connectivity index (χ3n) is 8.93. The number of piperidine rings is 1. The Hall–Kier alpha value is -3.17. The van der Waals surface area contributed by atoms with Crippen LogP contribution in [0.15, 0.2) is 60.2 Å². The maximum Gasteiger partial charge on any atom is 0.404 e. The number of aryl methyl sites for hydroxylation is 2. The second kappa shape index (κ2) is 12.8. The molecule has 43 heavy (non-hydrogen) atoms. The van der Waals surface area contributed by atoms with Gasteiger partial charge in [-0.3, -0.25) is 14.5 Å². The zero-order valence-corrected chi connectivity index (χ0v) is 25.0. The van der Waals surface area contributed by atoms with Gasteiger partial charge in [0.1, 0.15) is 11.9 Å². The number of hydrogen-bond acceptors (Lipinski definition) is 3. The van der Waals surface area contributed by atoms with Crippen molar-refractivity contribution in [3.05, 3.63) is 87.7 Å². The quantitative estimate of drug-likeness (QED) is 0.342. The lowest BCUT2D eigenvalue weighted by atomic mass is 9.77. The number of hydrogen-bond donors (Lipinski definition) is 1. The molecule has 5 rings (SSSR count). The van der Waals surface area contributed by atoms with Crippen LogP contribution in [0.4, 0.5) is 23.2 Å². The summed E-state index contributed by atoms with van der Waals surface area (Å²) in [6.45, 7) is 4.48. The molecule has 2 aromatic rings. The van der Waals surface area contributed by atoms with E-state index >= 15 is 0 Å². The van der Waals surface area contributed by atoms with Crippen molar-refractivity contribution in [2.24, 2.45) is 11.8 Å². The molecular weight excluding hydrogens is 582 g/mol. The van der Waals surface area contributed by atoms with Gasteiger partial charge in [0, 0.05) is 29.7 Å². The maximum absolute atomic E-state index is 15.0. The standard InChI is InChI=1S/C33H36ClF4N3O2/c1-20-10-15-24(18-26(20)34)39-31(42)25-7-4-17-41(32(43)29-21(2)6-3-8-27(29)35)30(25)23-13-11-22(12-14-23)19-40-16-5-9-28(40)33(36,37)38/h3,6,8,10-13,15,18,23,25,28,30H,4-5,7,9,14,16-17,19H2,1-2H3,(H,39,42)/t23?,25-,28+,30-/m0/s1. The van der Waals surface area contributed by atoms with Crippen LogP contribution in [0.25, 0.3) is 0 Å². The second-order valence-corrected chi connectivity index (χ2v) is 12.2. The van der Waals surface area contributed by atoms with Crippen LogP contribution in [0, 0.1) is 31.5 Å². The first-order valence-corrected chi connectivity index (χ1v) is 15.1. The Morgan fingerprint density at radius 1 is 1.05 bits per heavy atom. The number of rotatable bonds is 6. The van der Waals surface area contributed by atoms with Gasteiger partial charge in [-0.15, -0.1) is 0 Å². The number of benzene rings is 2. The van der Waals surface area contributed by atoms with Gasteiger partial charge in [0.15, 0.2) is 0 Å². The summed E-state index contributed by atoms with van der Waals surface area (Å²) in [5.74, 6) is -2.22. The molecule has 0 bridgehead atoms. The number of anilines is 1. The number of nitrogens with zero attached hydrogens (tertiary/aromatic N) is 2. The van der Waals surface area contributed by atoms with Gasteiger partial charge in [0.2, 0.25) is 5.91 Å². The van der Waals surface area contributed by atoms with Crippen molar-refractivity contribution >= 4 is 29.1 Å². The minimum atomic E-state index is -4.27. The fraction of sp³-hybridized carbons (Fsp3) is 0.455. The summed E-state index contributed by atoms with van der Waals surface area (Å²) in [4.78, 5) is 30.8. The number of carbonyl (C=O) groups is 2. The molecule has 2 aliphatic heterocycles. The van der Waals surface area contributed by atoms with Crippen molar-refractivity contribution in [1.82, 2.24) is 9.80 Å². The first-order valence-electron chi connectivity index (χ1n) is 14.7. The zero-order valence-electron chi connectivity index (χ0n) is 24.3. The zero-order chi connectivity index (χ0) is 30.9. The number of halogens is 5. The number of alkyl halides is 3. The van der Waals surface area contributed by atoms with Crippen LogP contribution in [0.1, 0.15) is 53.6 Å². The van der Waals surface area contributed by atoms with Gasteiger partial charge in [-0.1, -0.05) is 48.0 Å². The number of carbonyl (C=O) groups excluding carboxylic acids is 2. The van der Waals surface area contributed by atoms with E-state index in [1.807, 2.05) is 31.2 Å². The van der Waals surface area contributed by atoms with Crippen molar-refractivity contribution in [1.29, 1.82) is 0 Å². The van der Waals surface area contributed by atoms with Crippen LogP contribution in [-0.2, 0) is 4.79 Å². The summed E-state index contributed by atoms with van der Waals surface area (Å²) in [5.41, 5.74) is 2.69. The number of amides is 2. The van der Waals surface area contributed by atoms with E-state index in [1.165, 1.54) is 11.0 Å². The Morgan fingerprint density at radius 3 is 2.49 bits per heavy atom. The van der Waals surface area contributed by atoms with Crippen LogP contribution in [0.2, 0.25) is 5.02 Å².